The van der Waals surface area contributed by atoms with E-state index in [9.17, 15) is 19.2 Å². The van der Waals surface area contributed by atoms with E-state index in [0.717, 1.165) is 22.3 Å². The van der Waals surface area contributed by atoms with Crippen molar-refractivity contribution in [3.8, 4) is 0 Å². The number of ketones is 1. The molecule has 0 unspecified atom stereocenters. The first-order valence-corrected chi connectivity index (χ1v) is 14.2. The van der Waals surface area contributed by atoms with Crippen LogP contribution in [0.1, 0.15) is 84.6 Å². The third kappa shape index (κ3) is 10.3. The highest BCUT2D eigenvalue weighted by molar-refractivity contribution is 5.80. The lowest BCUT2D eigenvalue weighted by atomic mass is 9.88. The van der Waals surface area contributed by atoms with E-state index in [2.05, 4.69) is 31.4 Å². The van der Waals surface area contributed by atoms with Gasteiger partial charge >= 0.3 is 18.2 Å². The summed E-state index contributed by atoms with van der Waals surface area (Å²) < 4.78 is 14.3. The normalized spacial score (nSPS) is 11.9. The van der Waals surface area contributed by atoms with E-state index in [1.165, 1.54) is 14.0 Å². The van der Waals surface area contributed by atoms with Gasteiger partial charge in [-0.2, -0.15) is 0 Å². The molecule has 2 rings (SSSR count). The zero-order chi connectivity index (χ0) is 33.3. The van der Waals surface area contributed by atoms with Crippen molar-refractivity contribution in [2.45, 2.75) is 84.5 Å². The maximum absolute atomic E-state index is 12.2. The van der Waals surface area contributed by atoms with Gasteiger partial charge in [0, 0.05) is 0 Å². The number of rotatable bonds is 12. The minimum atomic E-state index is -0.766. The number of alkyl carbamates (subject to hydrolysis) is 2. The fraction of sp³-hybridized carbons (Fsp3) is 0.485. The molecule has 0 saturated carbocycles. The highest BCUT2D eigenvalue weighted by Crippen LogP contribution is 2.30. The predicted octanol–water partition coefficient (Wildman–Crippen LogP) is 5.72. The van der Waals surface area contributed by atoms with Gasteiger partial charge in [-0.15, -0.1) is 0 Å². The quantitative estimate of drug-likeness (QED) is 0.178. The van der Waals surface area contributed by atoms with Crippen molar-refractivity contribution in [3.05, 3.63) is 70.8 Å². The van der Waals surface area contributed by atoms with E-state index in [4.69, 9.17) is 9.47 Å². The van der Waals surface area contributed by atoms with Crippen molar-refractivity contribution >= 4 is 29.9 Å². The number of ether oxygens (including phenoxy) is 3. The summed E-state index contributed by atoms with van der Waals surface area (Å²) in [6.45, 7) is 15.7. The van der Waals surface area contributed by atoms with Gasteiger partial charge in [0.25, 0.3) is 0 Å². The molecule has 0 aliphatic heterocycles. The van der Waals surface area contributed by atoms with E-state index in [0.29, 0.717) is 0 Å². The molecule has 2 aromatic carbocycles. The standard InChI is InChI=1S/C33H44N4O7/c1-22(38)19-43-28(40)37-33(8,9)26-13-11-12-25(18-26)31(4,5)35-21-34-30(2,3)23-14-16-24(17-15-23)32(6,7)36-29(41)44-20-27(39)42-10/h11-18H,19-20H2,1-10H3,(H,36,41)(H,37,40). The Labute approximate surface area is 259 Å². The molecule has 2 N–H and O–H groups in total. The number of hydrogen-bond acceptors (Lipinski definition) is 9. The second-order valence-corrected chi connectivity index (χ2v) is 12.5. The number of aliphatic imine (C=N–C) groups is 2. The molecule has 44 heavy (non-hydrogen) atoms. The van der Waals surface area contributed by atoms with Crippen LogP contribution < -0.4 is 10.6 Å². The number of carbonyl (C=O) groups excluding carboxylic acids is 4. The Balaban J connectivity index is 2.17. The lowest BCUT2D eigenvalue weighted by molar-refractivity contribution is -0.144. The molecule has 0 heterocycles. The number of Topliss-reactive ketones (excluding diaryl/α,β-unsaturated/α-hetero) is 1. The first-order valence-electron chi connectivity index (χ1n) is 14.2. The van der Waals surface area contributed by atoms with Crippen LogP contribution in [0, 0.1) is 0 Å². The van der Waals surface area contributed by atoms with Crippen LogP contribution in [0.15, 0.2) is 58.5 Å². The van der Waals surface area contributed by atoms with Gasteiger partial charge < -0.3 is 24.8 Å². The summed E-state index contributed by atoms with van der Waals surface area (Å²) >= 11 is 0. The van der Waals surface area contributed by atoms with E-state index in [1.54, 1.807) is 0 Å². The Morgan fingerprint density at radius 1 is 0.682 bits per heavy atom. The number of hydrogen-bond donors (Lipinski definition) is 2. The molecule has 0 aromatic heterocycles. The van der Waals surface area contributed by atoms with E-state index in [1.807, 2.05) is 104 Å². The van der Waals surface area contributed by atoms with Gasteiger partial charge in [0.15, 0.2) is 19.0 Å². The largest absolute Gasteiger partial charge is 0.466 e. The summed E-state index contributed by atoms with van der Waals surface area (Å²) in [5.41, 5.74) is 0.618. The zero-order valence-corrected chi connectivity index (χ0v) is 27.3. The zero-order valence-electron chi connectivity index (χ0n) is 27.3. The summed E-state index contributed by atoms with van der Waals surface area (Å²) in [5, 5.41) is 5.55. The number of nitrogens with zero attached hydrogens (tertiary/aromatic N) is 2. The molecule has 0 spiro atoms. The Kier molecular flexibility index (Phi) is 11.6. The van der Waals surface area contributed by atoms with Gasteiger partial charge in [-0.3, -0.25) is 4.79 Å². The number of benzene rings is 2. The fourth-order valence-electron chi connectivity index (χ4n) is 4.06. The minimum Gasteiger partial charge on any atom is -0.466 e. The van der Waals surface area contributed by atoms with Gasteiger partial charge in [0.05, 0.1) is 35.3 Å². The molecule has 0 fully saturated rings. The van der Waals surface area contributed by atoms with Gasteiger partial charge in [0.1, 0.15) is 0 Å². The van der Waals surface area contributed by atoms with Crippen LogP contribution in [0.4, 0.5) is 9.59 Å². The Morgan fingerprint density at radius 2 is 1.14 bits per heavy atom. The van der Waals surface area contributed by atoms with Crippen molar-refractivity contribution in [1.29, 1.82) is 0 Å². The number of esters is 1. The molecule has 2 amide bonds. The Hall–Kier alpha value is -4.50. The molecule has 0 aliphatic carbocycles. The molecule has 0 radical (unpaired) electrons. The molecule has 0 bridgehead atoms. The monoisotopic (exact) mass is 608 g/mol. The van der Waals surface area contributed by atoms with Gasteiger partial charge in [-0.25, -0.2) is 24.4 Å². The van der Waals surface area contributed by atoms with Crippen molar-refractivity contribution in [2.24, 2.45) is 9.98 Å². The lowest BCUT2D eigenvalue weighted by Crippen LogP contribution is -2.42. The summed E-state index contributed by atoms with van der Waals surface area (Å²) in [6, 6.07) is 18.2. The van der Waals surface area contributed by atoms with Crippen LogP contribution in [-0.2, 0) is 46.0 Å². The van der Waals surface area contributed by atoms with Crippen LogP contribution in [0.3, 0.4) is 0 Å². The van der Waals surface area contributed by atoms with Crippen LogP contribution in [0.25, 0.3) is 0 Å². The summed E-state index contributed by atoms with van der Waals surface area (Å²) in [6.07, 6.45) is -1.40. The molecule has 2 aromatic rings. The Morgan fingerprint density at radius 3 is 1.66 bits per heavy atom. The van der Waals surface area contributed by atoms with E-state index in [-0.39, 0.29) is 12.4 Å². The molecule has 0 atom stereocenters. The van der Waals surface area contributed by atoms with Crippen molar-refractivity contribution in [2.75, 3.05) is 20.3 Å². The van der Waals surface area contributed by atoms with Crippen LogP contribution >= 0.6 is 0 Å². The average Bonchev–Trinajstić information content (AvgIpc) is 2.94. The molecule has 0 saturated heterocycles. The van der Waals surface area contributed by atoms with Gasteiger partial charge in [-0.05, 0) is 84.6 Å². The summed E-state index contributed by atoms with van der Waals surface area (Å²) in [7, 11) is 1.22. The number of carbonyl (C=O) groups is 4. The lowest BCUT2D eigenvalue weighted by Gasteiger charge is -2.28. The minimum absolute atomic E-state index is 0.239. The van der Waals surface area contributed by atoms with Crippen LogP contribution in [-0.4, -0.2) is 50.3 Å². The maximum atomic E-state index is 12.2. The first-order chi connectivity index (χ1) is 20.3. The van der Waals surface area contributed by atoms with Gasteiger partial charge in [-0.1, -0.05) is 48.5 Å². The summed E-state index contributed by atoms with van der Waals surface area (Å²) in [4.78, 5) is 55.9. The van der Waals surface area contributed by atoms with E-state index < -0.39 is 46.9 Å². The maximum Gasteiger partial charge on any atom is 0.408 e. The fourth-order valence-corrected chi connectivity index (χ4v) is 4.06. The molecule has 238 valence electrons. The van der Waals surface area contributed by atoms with E-state index >= 15 is 0 Å². The highest BCUT2D eigenvalue weighted by atomic mass is 16.6. The van der Waals surface area contributed by atoms with Crippen molar-refractivity contribution < 1.29 is 33.4 Å². The number of methoxy groups -OCH3 is 1. The molecular weight excluding hydrogens is 564 g/mol. The van der Waals surface area contributed by atoms with Crippen LogP contribution in [0.5, 0.6) is 0 Å². The first kappa shape index (κ1) is 35.7. The molecule has 11 heteroatoms. The smallest absolute Gasteiger partial charge is 0.408 e. The summed E-state index contributed by atoms with van der Waals surface area (Å²) in [5.74, 6) is -0.884. The third-order valence-electron chi connectivity index (χ3n) is 7.05. The molecule has 0 aliphatic rings. The second-order valence-electron chi connectivity index (χ2n) is 12.5. The average molecular weight is 609 g/mol. The SMILES string of the molecule is COC(=O)COC(=O)NC(C)(C)c1ccc(C(C)(C)N=C=NC(C)(C)c2cccc(C(C)(C)NC(=O)OCC(C)=O)c2)cc1. The molecular formula is C33H44N4O7. The van der Waals surface area contributed by atoms with Crippen molar-refractivity contribution in [3.63, 3.8) is 0 Å². The number of nitrogens with one attached hydrogen (secondary N) is 2. The number of amides is 2. The van der Waals surface area contributed by atoms with Crippen molar-refractivity contribution in [1.82, 2.24) is 10.6 Å². The molecule has 11 nitrogen and oxygen atoms in total. The highest BCUT2D eigenvalue weighted by Gasteiger charge is 2.28. The van der Waals surface area contributed by atoms with Crippen LogP contribution in [0.2, 0.25) is 0 Å². The van der Waals surface area contributed by atoms with Gasteiger partial charge in [0.2, 0.25) is 0 Å². The third-order valence-corrected chi connectivity index (χ3v) is 7.05. The predicted molar refractivity (Wildman–Crippen MR) is 167 cm³/mol. The Bertz CT molecular complexity index is 1420. The topological polar surface area (TPSA) is 145 Å². The second kappa shape index (κ2) is 14.3.